The van der Waals surface area contributed by atoms with Crippen molar-refractivity contribution in [3.63, 3.8) is 0 Å². The lowest BCUT2D eigenvalue weighted by Gasteiger charge is -2.35. The second-order valence-corrected chi connectivity index (χ2v) is 7.68. The van der Waals surface area contributed by atoms with Gasteiger partial charge in [-0.15, -0.1) is 0 Å². The molecule has 0 unspecified atom stereocenters. The van der Waals surface area contributed by atoms with Crippen molar-refractivity contribution in [2.75, 3.05) is 25.5 Å². The maximum Gasteiger partial charge on any atom is 0.313 e. The highest BCUT2D eigenvalue weighted by Gasteiger charge is 2.26. The molecule has 0 saturated carbocycles. The van der Waals surface area contributed by atoms with E-state index in [1.807, 2.05) is 24.4 Å². The number of pyridine rings is 1. The monoisotopic (exact) mass is 430 g/mol. The first-order chi connectivity index (χ1) is 15.6. The Bertz CT molecular complexity index is 1070. The summed E-state index contributed by atoms with van der Waals surface area (Å²) in [6, 6.07) is 19.0. The summed E-state index contributed by atoms with van der Waals surface area (Å²) in [5, 5.41) is 5.42. The Kier molecular flexibility index (Phi) is 6.77. The fraction of sp³-hybridized carbons (Fsp3) is 0.240. The Balaban J connectivity index is 1.42. The molecule has 2 aromatic carbocycles. The van der Waals surface area contributed by atoms with Crippen LogP contribution in [0.25, 0.3) is 0 Å². The predicted molar refractivity (Wildman–Crippen MR) is 122 cm³/mol. The van der Waals surface area contributed by atoms with Crippen molar-refractivity contribution in [1.29, 1.82) is 0 Å². The van der Waals surface area contributed by atoms with E-state index in [2.05, 4.69) is 38.7 Å². The van der Waals surface area contributed by atoms with Crippen LogP contribution in [0.3, 0.4) is 0 Å². The first-order valence-corrected chi connectivity index (χ1v) is 10.6. The Morgan fingerprint density at radius 1 is 1.03 bits per heavy atom. The van der Waals surface area contributed by atoms with Crippen LogP contribution in [0.15, 0.2) is 73.1 Å². The van der Waals surface area contributed by atoms with Gasteiger partial charge in [0.25, 0.3) is 0 Å². The van der Waals surface area contributed by atoms with E-state index in [1.54, 1.807) is 37.6 Å². The zero-order valence-corrected chi connectivity index (χ0v) is 18.0. The van der Waals surface area contributed by atoms with E-state index >= 15 is 0 Å². The van der Waals surface area contributed by atoms with Crippen molar-refractivity contribution in [1.82, 2.24) is 15.2 Å². The summed E-state index contributed by atoms with van der Waals surface area (Å²) >= 11 is 0. The number of methoxy groups -OCH3 is 1. The summed E-state index contributed by atoms with van der Waals surface area (Å²) < 4.78 is 5.11. The molecule has 0 spiro atoms. The standard InChI is InChI=1S/C25H26N4O3/c1-32-22-10-8-21(9-11-22)28-25(31)24(30)27-16-23(19-7-4-13-26-15-19)29-14-12-18-5-2-3-6-20(18)17-29/h2-11,13,15,23H,12,14,16-17H2,1H3,(H,27,30)(H,28,31)/t23-/m0/s1. The maximum absolute atomic E-state index is 12.5. The first-order valence-electron chi connectivity index (χ1n) is 10.6. The third-order valence-corrected chi connectivity index (χ3v) is 5.68. The van der Waals surface area contributed by atoms with Gasteiger partial charge in [0.1, 0.15) is 5.75 Å². The normalized spacial score (nSPS) is 14.2. The topological polar surface area (TPSA) is 83.6 Å². The Hall–Kier alpha value is -3.71. The van der Waals surface area contributed by atoms with Crippen molar-refractivity contribution in [2.45, 2.75) is 19.0 Å². The number of carbonyl (C=O) groups excluding carboxylic acids is 2. The van der Waals surface area contributed by atoms with Crippen LogP contribution in [0.5, 0.6) is 5.75 Å². The van der Waals surface area contributed by atoms with Crippen molar-refractivity contribution < 1.29 is 14.3 Å². The number of hydrogen-bond acceptors (Lipinski definition) is 5. The van der Waals surface area contributed by atoms with Gasteiger partial charge in [0.2, 0.25) is 0 Å². The minimum atomic E-state index is -0.705. The zero-order valence-electron chi connectivity index (χ0n) is 18.0. The van der Waals surface area contributed by atoms with Crippen molar-refractivity contribution in [2.24, 2.45) is 0 Å². The van der Waals surface area contributed by atoms with Gasteiger partial charge in [0.15, 0.2) is 0 Å². The van der Waals surface area contributed by atoms with Crippen molar-refractivity contribution in [3.8, 4) is 5.75 Å². The summed E-state index contributed by atoms with van der Waals surface area (Å²) in [5.74, 6) is -0.703. The van der Waals surface area contributed by atoms with Crippen LogP contribution < -0.4 is 15.4 Å². The number of carbonyl (C=O) groups is 2. The zero-order chi connectivity index (χ0) is 22.3. The summed E-state index contributed by atoms with van der Waals surface area (Å²) in [4.78, 5) is 31.4. The molecule has 2 heterocycles. The number of ether oxygens (including phenoxy) is 1. The molecule has 2 amide bonds. The van der Waals surface area contributed by atoms with Gasteiger partial charge in [-0.05, 0) is 53.4 Å². The van der Waals surface area contributed by atoms with Gasteiger partial charge in [-0.2, -0.15) is 0 Å². The van der Waals surface area contributed by atoms with Crippen LogP contribution in [-0.2, 0) is 22.6 Å². The molecule has 1 aliphatic rings. The van der Waals surface area contributed by atoms with Crippen molar-refractivity contribution in [3.05, 3.63) is 89.7 Å². The fourth-order valence-corrected chi connectivity index (χ4v) is 3.95. The number of fused-ring (bicyclic) bond motifs is 1. The molecular formula is C25H26N4O3. The number of nitrogens with zero attached hydrogens (tertiary/aromatic N) is 2. The summed E-state index contributed by atoms with van der Waals surface area (Å²) in [7, 11) is 1.57. The molecule has 0 aliphatic carbocycles. The smallest absolute Gasteiger partial charge is 0.313 e. The Morgan fingerprint density at radius 2 is 1.81 bits per heavy atom. The third kappa shape index (κ3) is 5.12. The number of hydrogen-bond donors (Lipinski definition) is 2. The minimum Gasteiger partial charge on any atom is -0.497 e. The molecule has 7 nitrogen and oxygen atoms in total. The van der Waals surface area contributed by atoms with Gasteiger partial charge in [-0.3, -0.25) is 19.5 Å². The van der Waals surface area contributed by atoms with E-state index in [-0.39, 0.29) is 6.04 Å². The fourth-order valence-electron chi connectivity index (χ4n) is 3.95. The molecule has 0 fully saturated rings. The van der Waals surface area contributed by atoms with Crippen LogP contribution >= 0.6 is 0 Å². The van der Waals surface area contributed by atoms with Crippen LogP contribution in [-0.4, -0.2) is 41.9 Å². The minimum absolute atomic E-state index is 0.0882. The van der Waals surface area contributed by atoms with Gasteiger partial charge >= 0.3 is 11.8 Å². The molecule has 164 valence electrons. The molecule has 7 heteroatoms. The van der Waals surface area contributed by atoms with Gasteiger partial charge in [0.05, 0.1) is 13.2 Å². The molecular weight excluding hydrogens is 404 g/mol. The highest BCUT2D eigenvalue weighted by Crippen LogP contribution is 2.27. The predicted octanol–water partition coefficient (Wildman–Crippen LogP) is 2.94. The number of nitrogens with one attached hydrogen (secondary N) is 2. The second kappa shape index (κ2) is 10.1. The van der Waals surface area contributed by atoms with Gasteiger partial charge in [0, 0.05) is 37.7 Å². The van der Waals surface area contributed by atoms with Crippen LogP contribution in [0.4, 0.5) is 5.69 Å². The van der Waals surface area contributed by atoms with E-state index in [9.17, 15) is 9.59 Å². The molecule has 2 N–H and O–H groups in total. The number of aromatic nitrogens is 1. The SMILES string of the molecule is COc1ccc(NC(=O)C(=O)NC[C@@H](c2cccnc2)N2CCc3ccccc3C2)cc1. The van der Waals surface area contributed by atoms with Crippen LogP contribution in [0.1, 0.15) is 22.7 Å². The number of rotatable bonds is 6. The van der Waals surface area contributed by atoms with Crippen LogP contribution in [0, 0.1) is 0 Å². The summed E-state index contributed by atoms with van der Waals surface area (Å²) in [5.41, 5.74) is 4.18. The number of benzene rings is 2. The van der Waals surface area contributed by atoms with Gasteiger partial charge in [-0.25, -0.2) is 0 Å². The Labute approximate surface area is 187 Å². The first kappa shape index (κ1) is 21.5. The van der Waals surface area contributed by atoms with E-state index < -0.39 is 11.8 Å². The molecule has 0 saturated heterocycles. The maximum atomic E-state index is 12.5. The number of anilines is 1. The average Bonchev–Trinajstić information content (AvgIpc) is 2.85. The molecule has 1 atom stereocenters. The molecule has 1 aliphatic heterocycles. The van der Waals surface area contributed by atoms with E-state index in [1.165, 1.54) is 11.1 Å². The second-order valence-electron chi connectivity index (χ2n) is 7.68. The highest BCUT2D eigenvalue weighted by atomic mass is 16.5. The van der Waals surface area contributed by atoms with Gasteiger partial charge < -0.3 is 15.4 Å². The lowest BCUT2D eigenvalue weighted by molar-refractivity contribution is -0.136. The van der Waals surface area contributed by atoms with Gasteiger partial charge in [-0.1, -0.05) is 30.3 Å². The van der Waals surface area contributed by atoms with E-state index in [4.69, 9.17) is 4.74 Å². The summed E-state index contributed by atoms with van der Waals surface area (Å²) in [6.07, 6.45) is 4.49. The lowest BCUT2D eigenvalue weighted by Crippen LogP contribution is -2.43. The molecule has 0 bridgehead atoms. The lowest BCUT2D eigenvalue weighted by atomic mass is 9.97. The molecule has 0 radical (unpaired) electrons. The van der Waals surface area contributed by atoms with Crippen LogP contribution in [0.2, 0.25) is 0 Å². The molecule has 1 aromatic heterocycles. The number of amides is 2. The van der Waals surface area contributed by atoms with Crippen molar-refractivity contribution >= 4 is 17.5 Å². The molecule has 3 aromatic rings. The summed E-state index contributed by atoms with van der Waals surface area (Å²) in [6.45, 7) is 1.96. The third-order valence-electron chi connectivity index (χ3n) is 5.68. The Morgan fingerprint density at radius 3 is 2.53 bits per heavy atom. The van der Waals surface area contributed by atoms with E-state index in [0.29, 0.717) is 18.0 Å². The molecule has 4 rings (SSSR count). The quantitative estimate of drug-likeness (QED) is 0.588. The largest absolute Gasteiger partial charge is 0.497 e. The van der Waals surface area contributed by atoms with E-state index in [0.717, 1.165) is 25.1 Å². The highest BCUT2D eigenvalue weighted by molar-refractivity contribution is 6.39. The average molecular weight is 431 g/mol. The molecule has 32 heavy (non-hydrogen) atoms.